The van der Waals surface area contributed by atoms with E-state index in [-0.39, 0.29) is 24.4 Å². The Morgan fingerprint density at radius 2 is 1.54 bits per heavy atom. The largest absolute Gasteiger partial charge is 0.355 e. The van der Waals surface area contributed by atoms with E-state index < -0.39 is 23.6 Å². The number of benzene rings is 2. The highest BCUT2D eigenvalue weighted by Gasteiger charge is 2.27. The number of likely N-dealkylation sites (N-methyl/N-ethyl adjacent to an activating group) is 1. The highest BCUT2D eigenvalue weighted by Crippen LogP contribution is 2.16. The van der Waals surface area contributed by atoms with Crippen molar-refractivity contribution in [1.29, 1.82) is 0 Å². The predicted molar refractivity (Wildman–Crippen MR) is 95.2 cm³/mol. The maximum absolute atomic E-state index is 14.0. The molecular formula is C20H22F2N2O2. The van der Waals surface area contributed by atoms with Gasteiger partial charge in [0.05, 0.1) is 6.42 Å². The highest BCUT2D eigenvalue weighted by atomic mass is 19.1. The zero-order chi connectivity index (χ0) is 19.1. The first-order valence-electron chi connectivity index (χ1n) is 8.48. The van der Waals surface area contributed by atoms with Crippen molar-refractivity contribution in [3.05, 3.63) is 71.3 Å². The molecule has 0 spiro atoms. The number of carbonyl (C=O) groups is 2. The molecule has 2 aromatic carbocycles. The van der Waals surface area contributed by atoms with Gasteiger partial charge >= 0.3 is 0 Å². The fourth-order valence-electron chi connectivity index (χ4n) is 2.62. The van der Waals surface area contributed by atoms with Crippen molar-refractivity contribution in [1.82, 2.24) is 10.2 Å². The number of amides is 2. The Labute approximate surface area is 151 Å². The molecule has 138 valence electrons. The summed E-state index contributed by atoms with van der Waals surface area (Å²) in [6.07, 6.45) is -0.204. The van der Waals surface area contributed by atoms with E-state index in [4.69, 9.17) is 0 Å². The molecule has 0 heterocycles. The Morgan fingerprint density at radius 1 is 1.00 bits per heavy atom. The van der Waals surface area contributed by atoms with Gasteiger partial charge < -0.3 is 10.2 Å². The van der Waals surface area contributed by atoms with E-state index in [1.807, 2.05) is 0 Å². The molecule has 0 radical (unpaired) electrons. The van der Waals surface area contributed by atoms with Crippen molar-refractivity contribution in [3.63, 3.8) is 0 Å². The molecule has 0 aliphatic carbocycles. The summed E-state index contributed by atoms with van der Waals surface area (Å²) in [5, 5.41) is 2.66. The maximum Gasteiger partial charge on any atom is 0.242 e. The fourth-order valence-corrected chi connectivity index (χ4v) is 2.62. The molecule has 2 aromatic rings. The maximum atomic E-state index is 14.0. The fraction of sp³-hybridized carbons (Fsp3) is 0.300. The van der Waals surface area contributed by atoms with E-state index in [0.29, 0.717) is 12.1 Å². The number of rotatable bonds is 7. The van der Waals surface area contributed by atoms with Gasteiger partial charge in [0.15, 0.2) is 0 Å². The molecule has 6 heteroatoms. The van der Waals surface area contributed by atoms with Crippen LogP contribution >= 0.6 is 0 Å². The second kappa shape index (κ2) is 9.08. The molecule has 0 fully saturated rings. The van der Waals surface area contributed by atoms with Crippen LogP contribution in [0.25, 0.3) is 0 Å². The summed E-state index contributed by atoms with van der Waals surface area (Å²) in [4.78, 5) is 26.3. The first-order chi connectivity index (χ1) is 12.4. The van der Waals surface area contributed by atoms with Crippen LogP contribution < -0.4 is 5.32 Å². The van der Waals surface area contributed by atoms with Crippen molar-refractivity contribution in [2.24, 2.45) is 0 Å². The number of halogens is 2. The van der Waals surface area contributed by atoms with E-state index >= 15 is 0 Å². The SMILES string of the molecule is CCNC(=O)C(C)N(Cc1ccccc1F)C(=O)Cc1ccccc1F. The first kappa shape index (κ1) is 19.6. The van der Waals surface area contributed by atoms with Crippen LogP contribution in [-0.2, 0) is 22.6 Å². The third kappa shape index (κ3) is 4.88. The van der Waals surface area contributed by atoms with E-state index in [0.717, 1.165) is 0 Å². The third-order valence-electron chi connectivity index (χ3n) is 4.12. The van der Waals surface area contributed by atoms with Crippen LogP contribution in [0.2, 0.25) is 0 Å². The van der Waals surface area contributed by atoms with E-state index in [1.54, 1.807) is 38.1 Å². The van der Waals surface area contributed by atoms with Crippen molar-refractivity contribution >= 4 is 11.8 Å². The Morgan fingerprint density at radius 3 is 2.08 bits per heavy atom. The van der Waals surface area contributed by atoms with Gasteiger partial charge in [-0.2, -0.15) is 0 Å². The van der Waals surface area contributed by atoms with Crippen LogP contribution in [0.15, 0.2) is 48.5 Å². The number of nitrogens with zero attached hydrogens (tertiary/aromatic N) is 1. The molecule has 0 saturated carbocycles. The van der Waals surface area contributed by atoms with Crippen LogP contribution in [0, 0.1) is 11.6 Å². The molecule has 0 aromatic heterocycles. The topological polar surface area (TPSA) is 49.4 Å². The highest BCUT2D eigenvalue weighted by molar-refractivity contribution is 5.88. The lowest BCUT2D eigenvalue weighted by atomic mass is 10.1. The molecule has 1 unspecified atom stereocenters. The van der Waals surface area contributed by atoms with Crippen molar-refractivity contribution in [3.8, 4) is 0 Å². The van der Waals surface area contributed by atoms with Gasteiger partial charge in [0.1, 0.15) is 17.7 Å². The van der Waals surface area contributed by atoms with Gasteiger partial charge in [0.2, 0.25) is 11.8 Å². The average Bonchev–Trinajstić information content (AvgIpc) is 2.62. The Kier molecular flexibility index (Phi) is 6.83. The zero-order valence-corrected chi connectivity index (χ0v) is 14.8. The van der Waals surface area contributed by atoms with Crippen LogP contribution in [0.4, 0.5) is 8.78 Å². The van der Waals surface area contributed by atoms with Crippen molar-refractivity contribution in [2.75, 3.05) is 6.54 Å². The van der Waals surface area contributed by atoms with Crippen molar-refractivity contribution in [2.45, 2.75) is 32.9 Å². The van der Waals surface area contributed by atoms with E-state index in [1.165, 1.54) is 29.2 Å². The summed E-state index contributed by atoms with van der Waals surface area (Å²) in [6.45, 7) is 3.69. The normalized spacial score (nSPS) is 11.7. The summed E-state index contributed by atoms with van der Waals surface area (Å²) in [5.41, 5.74) is 0.532. The molecule has 2 amide bonds. The summed E-state index contributed by atoms with van der Waals surface area (Å²) in [6, 6.07) is 11.2. The molecule has 1 N–H and O–H groups in total. The Bertz CT molecular complexity index is 780. The lowest BCUT2D eigenvalue weighted by molar-refractivity contribution is -0.140. The van der Waals surface area contributed by atoms with E-state index in [9.17, 15) is 18.4 Å². The first-order valence-corrected chi connectivity index (χ1v) is 8.48. The summed E-state index contributed by atoms with van der Waals surface area (Å²) < 4.78 is 27.9. The number of nitrogens with one attached hydrogen (secondary N) is 1. The number of carbonyl (C=O) groups excluding carboxylic acids is 2. The van der Waals surface area contributed by atoms with Crippen LogP contribution in [-0.4, -0.2) is 29.3 Å². The minimum absolute atomic E-state index is 0.0712. The average molecular weight is 360 g/mol. The second-order valence-corrected chi connectivity index (χ2v) is 5.95. The summed E-state index contributed by atoms with van der Waals surface area (Å²) >= 11 is 0. The minimum Gasteiger partial charge on any atom is -0.355 e. The van der Waals surface area contributed by atoms with Gasteiger partial charge in [-0.15, -0.1) is 0 Å². The molecular weight excluding hydrogens is 338 g/mol. The van der Waals surface area contributed by atoms with Crippen LogP contribution in [0.3, 0.4) is 0 Å². The molecule has 4 nitrogen and oxygen atoms in total. The Hall–Kier alpha value is -2.76. The van der Waals surface area contributed by atoms with Gasteiger partial charge in [-0.05, 0) is 31.5 Å². The molecule has 0 aliphatic heterocycles. The smallest absolute Gasteiger partial charge is 0.242 e. The lowest BCUT2D eigenvalue weighted by Gasteiger charge is -2.29. The predicted octanol–water partition coefficient (Wildman–Crippen LogP) is 3.06. The van der Waals surface area contributed by atoms with Gasteiger partial charge in [0, 0.05) is 18.7 Å². The number of hydrogen-bond acceptors (Lipinski definition) is 2. The molecule has 1 atom stereocenters. The van der Waals surface area contributed by atoms with Crippen LogP contribution in [0.1, 0.15) is 25.0 Å². The molecule has 2 rings (SSSR count). The van der Waals surface area contributed by atoms with Gasteiger partial charge in [-0.3, -0.25) is 9.59 Å². The number of hydrogen-bond donors (Lipinski definition) is 1. The third-order valence-corrected chi connectivity index (χ3v) is 4.12. The second-order valence-electron chi connectivity index (χ2n) is 5.95. The summed E-state index contributed by atoms with van der Waals surface area (Å²) in [7, 11) is 0. The van der Waals surface area contributed by atoms with E-state index in [2.05, 4.69) is 5.32 Å². The standard InChI is InChI=1S/C20H22F2N2O2/c1-3-23-20(26)14(2)24(13-16-9-5-7-11-18(16)22)19(25)12-15-8-4-6-10-17(15)21/h4-11,14H,3,12-13H2,1-2H3,(H,23,26). The zero-order valence-electron chi connectivity index (χ0n) is 14.8. The van der Waals surface area contributed by atoms with Crippen LogP contribution in [0.5, 0.6) is 0 Å². The molecule has 26 heavy (non-hydrogen) atoms. The minimum atomic E-state index is -0.811. The lowest BCUT2D eigenvalue weighted by Crippen LogP contribution is -2.48. The molecule has 0 aliphatic rings. The van der Waals surface area contributed by atoms with Gasteiger partial charge in [-0.25, -0.2) is 8.78 Å². The molecule has 0 saturated heterocycles. The molecule has 0 bridgehead atoms. The van der Waals surface area contributed by atoms with Gasteiger partial charge in [0.25, 0.3) is 0 Å². The summed E-state index contributed by atoms with van der Waals surface area (Å²) in [5.74, 6) is -1.74. The van der Waals surface area contributed by atoms with Gasteiger partial charge in [-0.1, -0.05) is 36.4 Å². The quantitative estimate of drug-likeness (QED) is 0.825. The van der Waals surface area contributed by atoms with Crippen molar-refractivity contribution < 1.29 is 18.4 Å². The Balaban J connectivity index is 2.27. The monoisotopic (exact) mass is 360 g/mol.